The molecule has 4 aromatic rings. The van der Waals surface area contributed by atoms with E-state index in [1.54, 1.807) is 60.8 Å². The van der Waals surface area contributed by atoms with Gasteiger partial charge in [0, 0.05) is 11.2 Å². The van der Waals surface area contributed by atoms with E-state index in [0.29, 0.717) is 5.02 Å². The van der Waals surface area contributed by atoms with Gasteiger partial charge < -0.3 is 4.18 Å². The number of hydrogen-bond acceptors (Lipinski definition) is 5. The highest BCUT2D eigenvalue weighted by molar-refractivity contribution is 7.87. The van der Waals surface area contributed by atoms with Gasteiger partial charge >= 0.3 is 10.1 Å². The topological polar surface area (TPSA) is 78.3 Å². The Morgan fingerprint density at radius 3 is 2.30 bits per heavy atom. The lowest BCUT2D eigenvalue weighted by molar-refractivity contribution is 0.103. The zero-order valence-corrected chi connectivity index (χ0v) is 17.0. The first-order valence-electron chi connectivity index (χ1n) is 8.88. The molecule has 0 aliphatic heterocycles. The molecule has 3 aromatic carbocycles. The maximum Gasteiger partial charge on any atom is 0.339 e. The Morgan fingerprint density at radius 1 is 0.900 bits per heavy atom. The van der Waals surface area contributed by atoms with Crippen molar-refractivity contribution >= 4 is 27.5 Å². The van der Waals surface area contributed by atoms with Gasteiger partial charge in [-0.15, -0.1) is 0 Å². The Balaban J connectivity index is 1.64. The van der Waals surface area contributed by atoms with Crippen LogP contribution in [0.25, 0.3) is 5.69 Å². The molecule has 0 bridgehead atoms. The molecule has 0 fully saturated rings. The van der Waals surface area contributed by atoms with Crippen LogP contribution in [0.2, 0.25) is 5.02 Å². The third-order valence-corrected chi connectivity index (χ3v) is 5.80. The standard InChI is InChI=1S/C22H15ClN2O4S/c23-17-10-12-18(13-11-17)25-15-16(14-24-25)22(26)20-8-4-5-9-21(20)29-30(27,28)19-6-2-1-3-7-19/h1-15H. The molecule has 30 heavy (non-hydrogen) atoms. The van der Waals surface area contributed by atoms with Crippen molar-refractivity contribution in [3.05, 3.63) is 107 Å². The summed E-state index contributed by atoms with van der Waals surface area (Å²) in [6.07, 6.45) is 2.98. The van der Waals surface area contributed by atoms with Crippen molar-refractivity contribution in [3.63, 3.8) is 0 Å². The summed E-state index contributed by atoms with van der Waals surface area (Å²) in [7, 11) is -4.08. The van der Waals surface area contributed by atoms with Crippen LogP contribution >= 0.6 is 11.6 Å². The number of para-hydroxylation sites is 1. The third kappa shape index (κ3) is 4.12. The summed E-state index contributed by atoms with van der Waals surface area (Å²) in [4.78, 5) is 13.0. The number of rotatable bonds is 6. The highest BCUT2D eigenvalue weighted by Gasteiger charge is 2.22. The van der Waals surface area contributed by atoms with Crippen LogP contribution in [0.1, 0.15) is 15.9 Å². The summed E-state index contributed by atoms with van der Waals surface area (Å²) in [5, 5.41) is 4.80. The molecule has 4 rings (SSSR count). The van der Waals surface area contributed by atoms with Crippen molar-refractivity contribution < 1.29 is 17.4 Å². The number of hydrogen-bond donors (Lipinski definition) is 0. The third-order valence-electron chi connectivity index (χ3n) is 4.30. The van der Waals surface area contributed by atoms with E-state index < -0.39 is 15.9 Å². The predicted molar refractivity (Wildman–Crippen MR) is 113 cm³/mol. The summed E-state index contributed by atoms with van der Waals surface area (Å²) in [6, 6.07) is 20.9. The molecule has 0 unspecified atom stereocenters. The first-order chi connectivity index (χ1) is 14.4. The van der Waals surface area contributed by atoms with Gasteiger partial charge in [0.15, 0.2) is 11.5 Å². The lowest BCUT2D eigenvalue weighted by Gasteiger charge is -2.10. The van der Waals surface area contributed by atoms with E-state index in [1.165, 1.54) is 35.1 Å². The highest BCUT2D eigenvalue weighted by Crippen LogP contribution is 2.25. The minimum Gasteiger partial charge on any atom is -0.378 e. The van der Waals surface area contributed by atoms with Gasteiger partial charge in [-0.1, -0.05) is 41.9 Å². The van der Waals surface area contributed by atoms with E-state index >= 15 is 0 Å². The largest absolute Gasteiger partial charge is 0.378 e. The molecule has 0 saturated carbocycles. The van der Waals surface area contributed by atoms with Crippen LogP contribution in [0.3, 0.4) is 0 Å². The lowest BCUT2D eigenvalue weighted by Crippen LogP contribution is -2.12. The van der Waals surface area contributed by atoms with Crippen molar-refractivity contribution in [1.82, 2.24) is 9.78 Å². The molecular weight excluding hydrogens is 424 g/mol. The first-order valence-corrected chi connectivity index (χ1v) is 10.7. The van der Waals surface area contributed by atoms with Crippen LogP contribution in [0, 0.1) is 0 Å². The maximum absolute atomic E-state index is 13.0. The van der Waals surface area contributed by atoms with Crippen molar-refractivity contribution in [2.75, 3.05) is 0 Å². The molecule has 0 radical (unpaired) electrons. The molecule has 0 aliphatic carbocycles. The maximum atomic E-state index is 13.0. The number of nitrogens with zero attached hydrogens (tertiary/aromatic N) is 2. The van der Waals surface area contributed by atoms with Gasteiger partial charge in [0.05, 0.1) is 23.0 Å². The van der Waals surface area contributed by atoms with E-state index in [9.17, 15) is 13.2 Å². The molecule has 0 N–H and O–H groups in total. The Morgan fingerprint density at radius 2 is 1.57 bits per heavy atom. The number of halogens is 1. The second kappa shape index (κ2) is 8.14. The van der Waals surface area contributed by atoms with Crippen LogP contribution in [-0.2, 0) is 10.1 Å². The van der Waals surface area contributed by atoms with Gasteiger partial charge in [-0.05, 0) is 48.5 Å². The second-order valence-corrected chi connectivity index (χ2v) is 8.31. The quantitative estimate of drug-likeness (QED) is 0.326. The summed E-state index contributed by atoms with van der Waals surface area (Å²) >= 11 is 5.90. The smallest absolute Gasteiger partial charge is 0.339 e. The Hall–Kier alpha value is -3.42. The summed E-state index contributed by atoms with van der Waals surface area (Å²) in [6.45, 7) is 0. The second-order valence-electron chi connectivity index (χ2n) is 6.33. The lowest BCUT2D eigenvalue weighted by atomic mass is 10.1. The molecule has 1 heterocycles. The number of benzene rings is 3. The normalized spacial score (nSPS) is 11.2. The zero-order valence-electron chi connectivity index (χ0n) is 15.5. The molecule has 8 heteroatoms. The fourth-order valence-electron chi connectivity index (χ4n) is 2.81. The molecular formula is C22H15ClN2O4S. The van der Waals surface area contributed by atoms with Crippen LogP contribution in [0.4, 0.5) is 0 Å². The molecule has 0 amide bonds. The summed E-state index contributed by atoms with van der Waals surface area (Å²) in [5.74, 6) is -0.459. The Labute approximate surface area is 178 Å². The Kier molecular flexibility index (Phi) is 5.39. The number of carbonyl (C=O) groups is 1. The number of ketones is 1. The van der Waals surface area contributed by atoms with Crippen molar-refractivity contribution in [1.29, 1.82) is 0 Å². The van der Waals surface area contributed by atoms with Gasteiger partial charge in [0.25, 0.3) is 0 Å². The van der Waals surface area contributed by atoms with E-state index in [0.717, 1.165) is 5.69 Å². The fourth-order valence-corrected chi connectivity index (χ4v) is 3.91. The minimum absolute atomic E-state index is 0.00260. The highest BCUT2D eigenvalue weighted by atomic mass is 35.5. The summed E-state index contributed by atoms with van der Waals surface area (Å²) in [5.41, 5.74) is 1.14. The average molecular weight is 439 g/mol. The predicted octanol–water partition coefficient (Wildman–Crippen LogP) is 4.52. The minimum atomic E-state index is -4.08. The summed E-state index contributed by atoms with van der Waals surface area (Å²) < 4.78 is 31.9. The van der Waals surface area contributed by atoms with E-state index in [2.05, 4.69) is 5.10 Å². The van der Waals surface area contributed by atoms with Gasteiger partial charge in [-0.2, -0.15) is 13.5 Å². The SMILES string of the molecule is O=C(c1cnn(-c2ccc(Cl)cc2)c1)c1ccccc1OS(=O)(=O)c1ccccc1. The van der Waals surface area contributed by atoms with Crippen LogP contribution in [0.5, 0.6) is 5.75 Å². The van der Waals surface area contributed by atoms with Crippen molar-refractivity contribution in [3.8, 4) is 11.4 Å². The average Bonchev–Trinajstić information content (AvgIpc) is 3.25. The molecule has 150 valence electrons. The van der Waals surface area contributed by atoms with Crippen molar-refractivity contribution in [2.45, 2.75) is 4.90 Å². The fraction of sp³-hybridized carbons (Fsp3) is 0. The number of aromatic nitrogens is 2. The van der Waals surface area contributed by atoms with Gasteiger partial charge in [0.2, 0.25) is 0 Å². The molecule has 6 nitrogen and oxygen atoms in total. The monoisotopic (exact) mass is 438 g/mol. The van der Waals surface area contributed by atoms with Crippen LogP contribution in [0.15, 0.2) is 96.2 Å². The molecule has 0 spiro atoms. The van der Waals surface area contributed by atoms with E-state index in [-0.39, 0.29) is 21.8 Å². The van der Waals surface area contributed by atoms with Crippen molar-refractivity contribution in [2.24, 2.45) is 0 Å². The molecule has 0 aliphatic rings. The Bertz CT molecular complexity index is 1300. The van der Waals surface area contributed by atoms with Gasteiger partial charge in [0.1, 0.15) is 4.90 Å². The molecule has 0 atom stereocenters. The molecule has 1 aromatic heterocycles. The molecule has 0 saturated heterocycles. The van der Waals surface area contributed by atoms with E-state index in [1.807, 2.05) is 0 Å². The number of carbonyl (C=O) groups excluding carboxylic acids is 1. The van der Waals surface area contributed by atoms with Crippen LogP contribution in [-0.4, -0.2) is 24.0 Å². The van der Waals surface area contributed by atoms with E-state index in [4.69, 9.17) is 15.8 Å². The van der Waals surface area contributed by atoms with Gasteiger partial charge in [-0.3, -0.25) is 4.79 Å². The van der Waals surface area contributed by atoms with Crippen LogP contribution < -0.4 is 4.18 Å². The first kappa shape index (κ1) is 19.9. The zero-order chi connectivity index (χ0) is 21.1. The van der Waals surface area contributed by atoms with Gasteiger partial charge in [-0.25, -0.2) is 4.68 Å².